The predicted molar refractivity (Wildman–Crippen MR) is 84.9 cm³/mol. The predicted octanol–water partition coefficient (Wildman–Crippen LogP) is 2.29. The van der Waals surface area contributed by atoms with Gasteiger partial charge in [-0.1, -0.05) is 41.7 Å². The fraction of sp³-hybridized carbons (Fsp3) is 0.438. The fourth-order valence-electron chi connectivity index (χ4n) is 2.69. The molecule has 1 atom stereocenters. The molecule has 0 aliphatic carbocycles. The van der Waals surface area contributed by atoms with Gasteiger partial charge in [-0.2, -0.15) is 0 Å². The minimum atomic E-state index is 0.139. The second-order valence-corrected chi connectivity index (χ2v) is 6.19. The number of morpholine rings is 1. The van der Waals surface area contributed by atoms with Crippen molar-refractivity contribution in [2.75, 3.05) is 26.2 Å². The number of hydrogen-bond donors (Lipinski definition) is 0. The van der Waals surface area contributed by atoms with Gasteiger partial charge in [0.15, 0.2) is 0 Å². The minimum Gasteiger partial charge on any atom is -0.371 e. The van der Waals surface area contributed by atoms with E-state index < -0.39 is 0 Å². The molecular weight excluding hydrogens is 284 g/mol. The van der Waals surface area contributed by atoms with E-state index in [1.54, 1.807) is 0 Å². The van der Waals surface area contributed by atoms with Gasteiger partial charge in [-0.05, 0) is 12.5 Å². The van der Waals surface area contributed by atoms with Gasteiger partial charge >= 0.3 is 4.87 Å². The number of ether oxygens (including phenoxy) is 1. The van der Waals surface area contributed by atoms with Crippen LogP contribution in [0.25, 0.3) is 0 Å². The average Bonchev–Trinajstić information content (AvgIpc) is 2.85. The molecule has 0 amide bonds. The summed E-state index contributed by atoms with van der Waals surface area (Å²) in [5.41, 5.74) is 2.28. The quantitative estimate of drug-likeness (QED) is 0.869. The monoisotopic (exact) mass is 304 g/mol. The summed E-state index contributed by atoms with van der Waals surface area (Å²) in [6, 6.07) is 10.3. The molecule has 3 rings (SSSR count). The third-order valence-corrected chi connectivity index (χ3v) is 4.82. The minimum absolute atomic E-state index is 0.139. The maximum absolute atomic E-state index is 11.7. The topological polar surface area (TPSA) is 34.5 Å². The Hall–Kier alpha value is -1.43. The van der Waals surface area contributed by atoms with Crippen LogP contribution in [0.1, 0.15) is 17.4 Å². The van der Waals surface area contributed by atoms with Gasteiger partial charge in [-0.25, -0.2) is 0 Å². The second kappa shape index (κ2) is 6.56. The number of benzene rings is 1. The third kappa shape index (κ3) is 3.43. The molecular formula is C16H20N2O2S. The van der Waals surface area contributed by atoms with Gasteiger partial charge in [-0.15, -0.1) is 0 Å². The van der Waals surface area contributed by atoms with Crippen molar-refractivity contribution in [1.82, 2.24) is 9.47 Å². The van der Waals surface area contributed by atoms with E-state index in [4.69, 9.17) is 4.74 Å². The van der Waals surface area contributed by atoms with E-state index in [2.05, 4.69) is 17.0 Å². The normalized spacial score (nSPS) is 19.8. The number of hydrogen-bond acceptors (Lipinski definition) is 4. The maximum atomic E-state index is 11.7. The highest BCUT2D eigenvalue weighted by atomic mass is 32.1. The summed E-state index contributed by atoms with van der Waals surface area (Å²) < 4.78 is 7.73. The van der Waals surface area contributed by atoms with Crippen LogP contribution < -0.4 is 4.87 Å². The van der Waals surface area contributed by atoms with Crippen molar-refractivity contribution in [2.45, 2.75) is 19.6 Å². The van der Waals surface area contributed by atoms with Crippen molar-refractivity contribution >= 4 is 11.3 Å². The molecule has 21 heavy (non-hydrogen) atoms. The van der Waals surface area contributed by atoms with Crippen molar-refractivity contribution in [2.24, 2.45) is 0 Å². The van der Waals surface area contributed by atoms with Crippen LogP contribution in [0.15, 0.2) is 40.5 Å². The van der Waals surface area contributed by atoms with E-state index in [1.807, 2.05) is 35.1 Å². The van der Waals surface area contributed by atoms with Crippen LogP contribution in [0.5, 0.6) is 0 Å². The van der Waals surface area contributed by atoms with E-state index in [1.165, 1.54) is 16.9 Å². The zero-order chi connectivity index (χ0) is 14.7. The van der Waals surface area contributed by atoms with Crippen molar-refractivity contribution in [1.29, 1.82) is 0 Å². The summed E-state index contributed by atoms with van der Waals surface area (Å²) >= 11 is 1.28. The van der Waals surface area contributed by atoms with Crippen LogP contribution in [0.3, 0.4) is 0 Å². The number of aromatic nitrogens is 1. The first-order valence-corrected chi connectivity index (χ1v) is 8.16. The molecule has 0 saturated carbocycles. The zero-order valence-electron chi connectivity index (χ0n) is 12.2. The first kappa shape index (κ1) is 14.5. The number of nitrogens with zero attached hydrogens (tertiary/aromatic N) is 2. The van der Waals surface area contributed by atoms with Crippen LogP contribution >= 0.6 is 11.3 Å². The molecule has 1 saturated heterocycles. The highest BCUT2D eigenvalue weighted by molar-refractivity contribution is 7.07. The summed E-state index contributed by atoms with van der Waals surface area (Å²) in [5, 5.41) is 1.93. The average molecular weight is 304 g/mol. The molecule has 2 aromatic rings. The molecule has 1 aliphatic heterocycles. The lowest BCUT2D eigenvalue weighted by molar-refractivity contribution is -0.0309. The maximum Gasteiger partial charge on any atom is 0.307 e. The zero-order valence-corrected chi connectivity index (χ0v) is 13.0. The number of aryl methyl sites for hydroxylation is 1. The molecule has 0 bridgehead atoms. The summed E-state index contributed by atoms with van der Waals surface area (Å²) in [4.78, 5) is 14.3. The van der Waals surface area contributed by atoms with E-state index in [9.17, 15) is 4.79 Å². The molecule has 0 spiro atoms. The molecule has 0 radical (unpaired) electrons. The fourth-order valence-corrected chi connectivity index (χ4v) is 3.45. The van der Waals surface area contributed by atoms with Crippen LogP contribution in [-0.4, -0.2) is 35.7 Å². The number of rotatable bonds is 4. The van der Waals surface area contributed by atoms with Crippen molar-refractivity contribution in [3.05, 3.63) is 56.6 Å². The first-order chi connectivity index (χ1) is 10.2. The van der Waals surface area contributed by atoms with E-state index in [0.717, 1.165) is 38.5 Å². The summed E-state index contributed by atoms with van der Waals surface area (Å²) in [6.45, 7) is 6.21. The third-order valence-electron chi connectivity index (χ3n) is 3.94. The Morgan fingerprint density at radius 2 is 2.10 bits per heavy atom. The Balaban J connectivity index is 1.61. The van der Waals surface area contributed by atoms with Crippen LogP contribution in [-0.2, 0) is 11.3 Å². The molecule has 5 heteroatoms. The lowest BCUT2D eigenvalue weighted by Crippen LogP contribution is -2.40. The van der Waals surface area contributed by atoms with Gasteiger partial charge in [-0.3, -0.25) is 9.69 Å². The van der Waals surface area contributed by atoms with Crippen LogP contribution in [0, 0.1) is 6.92 Å². The smallest absolute Gasteiger partial charge is 0.307 e. The van der Waals surface area contributed by atoms with Crippen molar-refractivity contribution < 1.29 is 4.74 Å². The van der Waals surface area contributed by atoms with Gasteiger partial charge in [0.25, 0.3) is 0 Å². The Labute approximate surface area is 128 Å². The van der Waals surface area contributed by atoms with Crippen molar-refractivity contribution in [3.8, 4) is 0 Å². The summed E-state index contributed by atoms with van der Waals surface area (Å²) in [6.07, 6.45) is 0.139. The Morgan fingerprint density at radius 1 is 1.29 bits per heavy atom. The Morgan fingerprint density at radius 3 is 2.81 bits per heavy atom. The molecule has 0 N–H and O–H groups in total. The molecule has 2 heterocycles. The van der Waals surface area contributed by atoms with E-state index >= 15 is 0 Å². The van der Waals surface area contributed by atoms with E-state index in [0.29, 0.717) is 0 Å². The number of thiazole rings is 1. The molecule has 1 fully saturated rings. The van der Waals surface area contributed by atoms with E-state index in [-0.39, 0.29) is 11.0 Å². The van der Waals surface area contributed by atoms with Crippen LogP contribution in [0.2, 0.25) is 0 Å². The van der Waals surface area contributed by atoms with Gasteiger partial charge < -0.3 is 9.30 Å². The molecule has 1 aromatic heterocycles. The lowest BCUT2D eigenvalue weighted by atomic mass is 10.1. The molecule has 4 nitrogen and oxygen atoms in total. The highest BCUT2D eigenvalue weighted by Gasteiger charge is 2.21. The van der Waals surface area contributed by atoms with Crippen molar-refractivity contribution in [3.63, 3.8) is 0 Å². The molecule has 1 unspecified atom stereocenters. The lowest BCUT2D eigenvalue weighted by Gasteiger charge is -2.33. The molecule has 1 aliphatic rings. The van der Waals surface area contributed by atoms with Crippen LogP contribution in [0.4, 0.5) is 0 Å². The first-order valence-electron chi connectivity index (χ1n) is 7.28. The van der Waals surface area contributed by atoms with Gasteiger partial charge in [0.2, 0.25) is 0 Å². The second-order valence-electron chi connectivity index (χ2n) is 5.37. The standard InChI is InChI=1S/C16H20N2O2S/c1-13-12-21-16(19)18(13)8-7-17-9-10-20-15(11-17)14-5-3-2-4-6-14/h2-6,12,15H,7-11H2,1H3. The molecule has 112 valence electrons. The molecule has 1 aromatic carbocycles. The highest BCUT2D eigenvalue weighted by Crippen LogP contribution is 2.21. The SMILES string of the molecule is Cc1csc(=O)n1CCN1CCOC(c2ccccc2)C1. The van der Waals surface area contributed by atoms with Gasteiger partial charge in [0.05, 0.1) is 12.7 Å². The Kier molecular flexibility index (Phi) is 4.53. The van der Waals surface area contributed by atoms with Gasteiger partial charge in [0, 0.05) is 37.3 Å². The van der Waals surface area contributed by atoms with Gasteiger partial charge in [0.1, 0.15) is 0 Å². The Bertz CT molecular complexity index is 635. The largest absolute Gasteiger partial charge is 0.371 e. The summed E-state index contributed by atoms with van der Waals surface area (Å²) in [7, 11) is 0. The summed E-state index contributed by atoms with van der Waals surface area (Å²) in [5.74, 6) is 0.